The largest absolute Gasteiger partial charge is 0.493 e. The minimum Gasteiger partial charge on any atom is -0.493 e. The highest BCUT2D eigenvalue weighted by atomic mass is 79.9. The molecule has 2 rings (SSSR count). The number of ether oxygens (including phenoxy) is 2. The van der Waals surface area contributed by atoms with E-state index >= 15 is 0 Å². The van der Waals surface area contributed by atoms with E-state index in [1.54, 1.807) is 19.7 Å². The molecule has 1 aromatic carbocycles. The van der Waals surface area contributed by atoms with E-state index in [0.717, 1.165) is 15.2 Å². The molecule has 0 aliphatic heterocycles. The molecule has 0 fully saturated rings. The number of benzene rings is 1. The third-order valence-electron chi connectivity index (χ3n) is 2.34. The van der Waals surface area contributed by atoms with E-state index in [-0.39, 0.29) is 0 Å². The van der Waals surface area contributed by atoms with E-state index in [1.807, 2.05) is 12.1 Å². The predicted molar refractivity (Wildman–Crippen MR) is 74.5 cm³/mol. The van der Waals surface area contributed by atoms with E-state index in [1.165, 1.54) is 11.3 Å². The van der Waals surface area contributed by atoms with Crippen LogP contribution >= 0.6 is 27.3 Å². The van der Waals surface area contributed by atoms with Gasteiger partial charge in [-0.05, 0) is 17.7 Å². The maximum atomic E-state index is 5.27. The first-order valence-corrected chi connectivity index (χ1v) is 6.82. The summed E-state index contributed by atoms with van der Waals surface area (Å²) in [5.74, 6) is 1.40. The van der Waals surface area contributed by atoms with Crippen LogP contribution in [0.5, 0.6) is 11.5 Å². The summed E-state index contributed by atoms with van der Waals surface area (Å²) < 4.78 is 11.5. The molecule has 0 amide bonds. The molecule has 0 saturated heterocycles. The Morgan fingerprint density at radius 1 is 1.28 bits per heavy atom. The Bertz CT molecular complexity index is 519. The zero-order valence-corrected chi connectivity index (χ0v) is 12.3. The molecule has 0 unspecified atom stereocenters. The Labute approximate surface area is 117 Å². The van der Waals surface area contributed by atoms with Crippen LogP contribution in [0.4, 0.5) is 5.13 Å². The molecule has 1 heterocycles. The van der Waals surface area contributed by atoms with Crippen molar-refractivity contribution < 1.29 is 9.47 Å². The van der Waals surface area contributed by atoms with Crippen molar-refractivity contribution in [2.45, 2.75) is 6.54 Å². The van der Waals surface area contributed by atoms with Crippen molar-refractivity contribution in [3.8, 4) is 11.5 Å². The Morgan fingerprint density at radius 3 is 2.61 bits per heavy atom. The lowest BCUT2D eigenvalue weighted by atomic mass is 10.2. The summed E-state index contributed by atoms with van der Waals surface area (Å²) in [5, 5.41) is 11.7. The smallest absolute Gasteiger partial charge is 0.205 e. The van der Waals surface area contributed by atoms with Crippen LogP contribution in [0.15, 0.2) is 22.1 Å². The number of nitrogens with zero attached hydrogens (tertiary/aromatic N) is 2. The van der Waals surface area contributed by atoms with Crippen LogP contribution in [-0.2, 0) is 6.54 Å². The fraction of sp³-hybridized carbons (Fsp3) is 0.273. The average Bonchev–Trinajstić information content (AvgIpc) is 2.90. The third-order valence-corrected chi connectivity index (χ3v) is 3.73. The number of rotatable bonds is 5. The standard InChI is InChI=1S/C11H12BrN3O2S/c1-16-9-3-7(8(12)4-10(9)17-2)5-13-11-15-14-6-18-11/h3-4,6H,5H2,1-2H3,(H,13,15). The highest BCUT2D eigenvalue weighted by molar-refractivity contribution is 9.10. The molecule has 96 valence electrons. The van der Waals surface area contributed by atoms with Gasteiger partial charge < -0.3 is 14.8 Å². The first-order valence-electron chi connectivity index (χ1n) is 5.15. The van der Waals surface area contributed by atoms with Crippen LogP contribution in [0.3, 0.4) is 0 Å². The maximum absolute atomic E-state index is 5.27. The molecule has 0 atom stereocenters. The lowest BCUT2D eigenvalue weighted by Crippen LogP contribution is -2.01. The summed E-state index contributed by atoms with van der Waals surface area (Å²) in [7, 11) is 3.23. The number of nitrogens with one attached hydrogen (secondary N) is 1. The number of halogens is 1. The first-order chi connectivity index (χ1) is 8.74. The second-order valence-corrected chi connectivity index (χ2v) is 5.08. The quantitative estimate of drug-likeness (QED) is 0.913. The molecule has 7 heteroatoms. The Kier molecular flexibility index (Phi) is 4.38. The second kappa shape index (κ2) is 6.01. The Hall–Kier alpha value is -1.34. The molecular formula is C11H12BrN3O2S. The van der Waals surface area contributed by atoms with Gasteiger partial charge in [0.15, 0.2) is 11.5 Å². The van der Waals surface area contributed by atoms with Gasteiger partial charge in [0.05, 0.1) is 14.2 Å². The van der Waals surface area contributed by atoms with E-state index < -0.39 is 0 Å². The third kappa shape index (κ3) is 2.91. The van der Waals surface area contributed by atoms with Gasteiger partial charge >= 0.3 is 0 Å². The zero-order chi connectivity index (χ0) is 13.0. The highest BCUT2D eigenvalue weighted by Crippen LogP contribution is 2.33. The molecule has 2 aromatic rings. The Balaban J connectivity index is 2.17. The number of methoxy groups -OCH3 is 2. The molecular weight excluding hydrogens is 318 g/mol. The summed E-state index contributed by atoms with van der Waals surface area (Å²) in [6.45, 7) is 0.635. The van der Waals surface area contributed by atoms with Gasteiger partial charge in [0, 0.05) is 11.0 Å². The summed E-state index contributed by atoms with van der Waals surface area (Å²) >= 11 is 4.97. The molecule has 1 aromatic heterocycles. The molecule has 0 aliphatic rings. The molecule has 0 bridgehead atoms. The van der Waals surface area contributed by atoms with Crippen molar-refractivity contribution in [3.05, 3.63) is 27.7 Å². The van der Waals surface area contributed by atoms with E-state index in [0.29, 0.717) is 18.0 Å². The number of hydrogen-bond acceptors (Lipinski definition) is 6. The Morgan fingerprint density at radius 2 is 2.00 bits per heavy atom. The first kappa shape index (κ1) is 13.1. The minimum atomic E-state index is 0.635. The molecule has 0 spiro atoms. The summed E-state index contributed by atoms with van der Waals surface area (Å²) in [6, 6.07) is 3.81. The summed E-state index contributed by atoms with van der Waals surface area (Å²) in [6.07, 6.45) is 0. The SMILES string of the molecule is COc1cc(Br)c(CNc2nncs2)cc1OC. The summed E-state index contributed by atoms with van der Waals surface area (Å²) in [4.78, 5) is 0. The van der Waals surface area contributed by atoms with Crippen LogP contribution < -0.4 is 14.8 Å². The second-order valence-electron chi connectivity index (χ2n) is 3.40. The minimum absolute atomic E-state index is 0.635. The fourth-order valence-corrected chi connectivity index (χ4v) is 2.36. The molecule has 18 heavy (non-hydrogen) atoms. The van der Waals surface area contributed by atoms with Gasteiger partial charge in [0.2, 0.25) is 5.13 Å². The van der Waals surface area contributed by atoms with Crippen molar-refractivity contribution >= 4 is 32.4 Å². The monoisotopic (exact) mass is 329 g/mol. The van der Waals surface area contributed by atoms with Gasteiger partial charge in [0.1, 0.15) is 5.51 Å². The topological polar surface area (TPSA) is 56.3 Å². The number of aromatic nitrogens is 2. The maximum Gasteiger partial charge on any atom is 0.205 e. The lowest BCUT2D eigenvalue weighted by molar-refractivity contribution is 0.354. The average molecular weight is 330 g/mol. The van der Waals surface area contributed by atoms with Gasteiger partial charge in [-0.15, -0.1) is 10.2 Å². The zero-order valence-electron chi connectivity index (χ0n) is 9.94. The molecule has 1 N–H and O–H groups in total. The normalized spacial score (nSPS) is 10.2. The van der Waals surface area contributed by atoms with Crippen molar-refractivity contribution in [1.29, 1.82) is 0 Å². The molecule has 0 saturated carbocycles. The van der Waals surface area contributed by atoms with Crippen LogP contribution in [0.1, 0.15) is 5.56 Å². The van der Waals surface area contributed by atoms with Crippen LogP contribution in [-0.4, -0.2) is 24.4 Å². The lowest BCUT2D eigenvalue weighted by Gasteiger charge is -2.12. The highest BCUT2D eigenvalue weighted by Gasteiger charge is 2.09. The van der Waals surface area contributed by atoms with E-state index in [9.17, 15) is 0 Å². The van der Waals surface area contributed by atoms with Crippen molar-refractivity contribution in [2.75, 3.05) is 19.5 Å². The van der Waals surface area contributed by atoms with Gasteiger partial charge in [-0.3, -0.25) is 0 Å². The van der Waals surface area contributed by atoms with Crippen LogP contribution in [0.25, 0.3) is 0 Å². The summed E-state index contributed by atoms with van der Waals surface area (Å²) in [5.41, 5.74) is 2.74. The molecule has 0 radical (unpaired) electrons. The van der Waals surface area contributed by atoms with E-state index in [4.69, 9.17) is 9.47 Å². The van der Waals surface area contributed by atoms with Crippen molar-refractivity contribution in [3.63, 3.8) is 0 Å². The van der Waals surface area contributed by atoms with Gasteiger partial charge in [-0.1, -0.05) is 27.3 Å². The van der Waals surface area contributed by atoms with Crippen LogP contribution in [0, 0.1) is 0 Å². The van der Waals surface area contributed by atoms with Crippen LogP contribution in [0.2, 0.25) is 0 Å². The number of anilines is 1. The van der Waals surface area contributed by atoms with Gasteiger partial charge in [-0.25, -0.2) is 0 Å². The van der Waals surface area contributed by atoms with Crippen molar-refractivity contribution in [1.82, 2.24) is 10.2 Å². The van der Waals surface area contributed by atoms with Crippen molar-refractivity contribution in [2.24, 2.45) is 0 Å². The molecule has 0 aliphatic carbocycles. The predicted octanol–water partition coefficient (Wildman–Crippen LogP) is 2.93. The fourth-order valence-electron chi connectivity index (χ4n) is 1.45. The van der Waals surface area contributed by atoms with E-state index in [2.05, 4.69) is 31.4 Å². The van der Waals surface area contributed by atoms with Gasteiger partial charge in [0.25, 0.3) is 0 Å². The molecule has 5 nitrogen and oxygen atoms in total. The number of hydrogen-bond donors (Lipinski definition) is 1. The van der Waals surface area contributed by atoms with Gasteiger partial charge in [-0.2, -0.15) is 0 Å².